The molecule has 7 heteroatoms. The van der Waals surface area contributed by atoms with Crippen LogP contribution in [0.15, 0.2) is 36.5 Å². The van der Waals surface area contributed by atoms with Gasteiger partial charge in [-0.3, -0.25) is 9.59 Å². The summed E-state index contributed by atoms with van der Waals surface area (Å²) in [4.78, 5) is 26.5. The van der Waals surface area contributed by atoms with Gasteiger partial charge < -0.3 is 15.0 Å². The number of ether oxygens (including phenoxy) is 1. The number of benzene rings is 1. The minimum Gasteiger partial charge on any atom is -0.497 e. The average Bonchev–Trinajstić information content (AvgIpc) is 3.21. The molecule has 1 N–H and O–H groups in total. The number of rotatable bonds is 5. The number of anilines is 2. The molecule has 1 aliphatic rings. The van der Waals surface area contributed by atoms with Gasteiger partial charge in [-0.2, -0.15) is 5.10 Å². The Morgan fingerprint density at radius 1 is 1.28 bits per heavy atom. The van der Waals surface area contributed by atoms with E-state index in [4.69, 9.17) is 4.74 Å². The maximum absolute atomic E-state index is 12.6. The topological polar surface area (TPSA) is 76.5 Å². The second-order valence-electron chi connectivity index (χ2n) is 6.35. The van der Waals surface area contributed by atoms with E-state index in [0.29, 0.717) is 12.4 Å². The standard InChI is InChI=1S/C18H22N4O3/c1-12(2)22-16(8-9-19-22)20-18(24)13-10-17(23)21(11-13)14-4-6-15(25-3)7-5-14/h4-9,12-13H,10-11H2,1-3H3,(H,20,24)/t13-/m1/s1. The Bertz CT molecular complexity index is 767. The Morgan fingerprint density at radius 3 is 2.64 bits per heavy atom. The molecule has 1 fully saturated rings. The number of hydrogen-bond donors (Lipinski definition) is 1. The fourth-order valence-electron chi connectivity index (χ4n) is 2.95. The number of methoxy groups -OCH3 is 1. The van der Waals surface area contributed by atoms with Crippen LogP contribution < -0.4 is 15.0 Å². The van der Waals surface area contributed by atoms with Crippen molar-refractivity contribution in [2.24, 2.45) is 5.92 Å². The van der Waals surface area contributed by atoms with Gasteiger partial charge in [0.2, 0.25) is 11.8 Å². The molecule has 1 saturated heterocycles. The highest BCUT2D eigenvalue weighted by Gasteiger charge is 2.35. The molecule has 0 aliphatic carbocycles. The predicted molar refractivity (Wildman–Crippen MR) is 94.7 cm³/mol. The summed E-state index contributed by atoms with van der Waals surface area (Å²) >= 11 is 0. The third kappa shape index (κ3) is 3.50. The van der Waals surface area contributed by atoms with Gasteiger partial charge in [-0.05, 0) is 38.1 Å². The van der Waals surface area contributed by atoms with Gasteiger partial charge in [-0.25, -0.2) is 4.68 Å². The second-order valence-corrected chi connectivity index (χ2v) is 6.35. The molecule has 0 spiro atoms. The van der Waals surface area contributed by atoms with Crippen LogP contribution in [0.4, 0.5) is 11.5 Å². The summed E-state index contributed by atoms with van der Waals surface area (Å²) in [5, 5.41) is 7.09. The number of hydrogen-bond acceptors (Lipinski definition) is 4. The van der Waals surface area contributed by atoms with Crippen LogP contribution in [0.3, 0.4) is 0 Å². The minimum absolute atomic E-state index is 0.0531. The van der Waals surface area contributed by atoms with Gasteiger partial charge in [-0.15, -0.1) is 0 Å². The van der Waals surface area contributed by atoms with Crippen LogP contribution in [0.5, 0.6) is 5.75 Å². The predicted octanol–water partition coefficient (Wildman–Crippen LogP) is 2.46. The van der Waals surface area contributed by atoms with E-state index in [1.165, 1.54) is 0 Å². The maximum atomic E-state index is 12.6. The molecule has 132 valence electrons. The highest BCUT2D eigenvalue weighted by Crippen LogP contribution is 2.27. The number of carbonyl (C=O) groups excluding carboxylic acids is 2. The summed E-state index contributed by atoms with van der Waals surface area (Å²) in [5.41, 5.74) is 0.772. The van der Waals surface area contributed by atoms with Crippen molar-refractivity contribution in [1.82, 2.24) is 9.78 Å². The summed E-state index contributed by atoms with van der Waals surface area (Å²) in [6.07, 6.45) is 1.85. The number of aromatic nitrogens is 2. The first kappa shape index (κ1) is 17.0. The van der Waals surface area contributed by atoms with Gasteiger partial charge >= 0.3 is 0 Å². The summed E-state index contributed by atoms with van der Waals surface area (Å²) in [7, 11) is 1.60. The monoisotopic (exact) mass is 342 g/mol. The first-order valence-corrected chi connectivity index (χ1v) is 8.28. The molecule has 0 unspecified atom stereocenters. The fraction of sp³-hybridized carbons (Fsp3) is 0.389. The fourth-order valence-corrected chi connectivity index (χ4v) is 2.95. The van der Waals surface area contributed by atoms with E-state index in [1.54, 1.807) is 41.1 Å². The Balaban J connectivity index is 1.69. The summed E-state index contributed by atoms with van der Waals surface area (Å²) in [6.45, 7) is 4.35. The summed E-state index contributed by atoms with van der Waals surface area (Å²) in [5.74, 6) is 0.779. The van der Waals surface area contributed by atoms with Crippen molar-refractivity contribution in [1.29, 1.82) is 0 Å². The molecule has 1 atom stereocenters. The van der Waals surface area contributed by atoms with Crippen LogP contribution in [0.2, 0.25) is 0 Å². The molecule has 2 amide bonds. The molecule has 1 aromatic heterocycles. The van der Waals surface area contributed by atoms with Crippen LogP contribution in [0.25, 0.3) is 0 Å². The van der Waals surface area contributed by atoms with Crippen LogP contribution in [0, 0.1) is 5.92 Å². The first-order valence-electron chi connectivity index (χ1n) is 8.28. The van der Waals surface area contributed by atoms with E-state index in [2.05, 4.69) is 10.4 Å². The molecular formula is C18H22N4O3. The Hall–Kier alpha value is -2.83. The molecule has 0 bridgehead atoms. The first-order chi connectivity index (χ1) is 12.0. The van der Waals surface area contributed by atoms with E-state index >= 15 is 0 Å². The van der Waals surface area contributed by atoms with Crippen molar-refractivity contribution in [2.45, 2.75) is 26.3 Å². The van der Waals surface area contributed by atoms with Crippen molar-refractivity contribution in [3.63, 3.8) is 0 Å². The molecule has 2 heterocycles. The van der Waals surface area contributed by atoms with Crippen LogP contribution in [-0.4, -0.2) is 35.2 Å². The van der Waals surface area contributed by atoms with Crippen molar-refractivity contribution >= 4 is 23.3 Å². The Morgan fingerprint density at radius 2 is 2.00 bits per heavy atom. The molecule has 3 rings (SSSR count). The van der Waals surface area contributed by atoms with Gasteiger partial charge in [0.1, 0.15) is 11.6 Å². The van der Waals surface area contributed by atoms with E-state index in [9.17, 15) is 9.59 Å². The number of carbonyl (C=O) groups is 2. The quantitative estimate of drug-likeness (QED) is 0.905. The molecule has 0 radical (unpaired) electrons. The van der Waals surface area contributed by atoms with E-state index in [0.717, 1.165) is 11.4 Å². The highest BCUT2D eigenvalue weighted by molar-refractivity contribution is 6.03. The van der Waals surface area contributed by atoms with E-state index in [-0.39, 0.29) is 30.2 Å². The summed E-state index contributed by atoms with van der Waals surface area (Å²) in [6, 6.07) is 9.16. The molecular weight excluding hydrogens is 320 g/mol. The summed E-state index contributed by atoms with van der Waals surface area (Å²) < 4.78 is 6.88. The lowest BCUT2D eigenvalue weighted by Crippen LogP contribution is -2.28. The highest BCUT2D eigenvalue weighted by atomic mass is 16.5. The third-order valence-corrected chi connectivity index (χ3v) is 4.29. The Kier molecular flexibility index (Phi) is 4.74. The van der Waals surface area contributed by atoms with Crippen molar-refractivity contribution in [2.75, 3.05) is 23.9 Å². The average molecular weight is 342 g/mol. The minimum atomic E-state index is -0.384. The zero-order valence-electron chi connectivity index (χ0n) is 14.6. The van der Waals surface area contributed by atoms with Crippen LogP contribution in [0.1, 0.15) is 26.3 Å². The molecule has 1 aliphatic heterocycles. The smallest absolute Gasteiger partial charge is 0.230 e. The van der Waals surface area contributed by atoms with E-state index < -0.39 is 0 Å². The van der Waals surface area contributed by atoms with Gasteiger partial charge in [0.05, 0.1) is 19.2 Å². The largest absolute Gasteiger partial charge is 0.497 e. The number of nitrogens with one attached hydrogen (secondary N) is 1. The van der Waals surface area contributed by atoms with Gasteiger partial charge in [0.25, 0.3) is 0 Å². The zero-order chi connectivity index (χ0) is 18.0. The van der Waals surface area contributed by atoms with Gasteiger partial charge in [0.15, 0.2) is 0 Å². The van der Waals surface area contributed by atoms with Crippen molar-refractivity contribution < 1.29 is 14.3 Å². The lowest BCUT2D eigenvalue weighted by Gasteiger charge is -2.17. The van der Waals surface area contributed by atoms with Crippen LogP contribution in [-0.2, 0) is 9.59 Å². The molecule has 7 nitrogen and oxygen atoms in total. The second kappa shape index (κ2) is 6.96. The zero-order valence-corrected chi connectivity index (χ0v) is 14.6. The van der Waals surface area contributed by atoms with E-state index in [1.807, 2.05) is 26.0 Å². The molecule has 25 heavy (non-hydrogen) atoms. The number of nitrogens with zero attached hydrogens (tertiary/aromatic N) is 3. The molecule has 1 aromatic carbocycles. The van der Waals surface area contributed by atoms with Crippen LogP contribution >= 0.6 is 0 Å². The Labute approximate surface area is 146 Å². The number of amides is 2. The molecule has 2 aromatic rings. The van der Waals surface area contributed by atoms with Crippen molar-refractivity contribution in [3.8, 4) is 5.75 Å². The maximum Gasteiger partial charge on any atom is 0.230 e. The van der Waals surface area contributed by atoms with Crippen molar-refractivity contribution in [3.05, 3.63) is 36.5 Å². The normalized spacial score (nSPS) is 17.2. The van der Waals surface area contributed by atoms with Gasteiger partial charge in [-0.1, -0.05) is 0 Å². The van der Waals surface area contributed by atoms with Gasteiger partial charge in [0, 0.05) is 30.8 Å². The molecule has 0 saturated carbocycles. The SMILES string of the molecule is COc1ccc(N2C[C@H](C(=O)Nc3ccnn3C(C)C)CC2=O)cc1. The lowest BCUT2D eigenvalue weighted by molar-refractivity contribution is -0.122. The lowest BCUT2D eigenvalue weighted by atomic mass is 10.1. The third-order valence-electron chi connectivity index (χ3n) is 4.29.